The van der Waals surface area contributed by atoms with Crippen LogP contribution in [0.5, 0.6) is 0 Å². The number of nitrogens with zero attached hydrogens (tertiary/aromatic N) is 3. The summed E-state index contributed by atoms with van der Waals surface area (Å²) in [5, 5.41) is 13.3. The highest BCUT2D eigenvalue weighted by molar-refractivity contribution is 7.88. The summed E-state index contributed by atoms with van der Waals surface area (Å²) in [6.07, 6.45) is 0.917. The van der Waals surface area contributed by atoms with Gasteiger partial charge in [0.2, 0.25) is 10.0 Å². The van der Waals surface area contributed by atoms with Crippen LogP contribution in [0.15, 0.2) is 0 Å². The van der Waals surface area contributed by atoms with Gasteiger partial charge in [-0.2, -0.15) is 0 Å². The molecule has 0 aromatic rings. The Hall–Kier alpha value is -0.250. The summed E-state index contributed by atoms with van der Waals surface area (Å²) >= 11 is 0. The van der Waals surface area contributed by atoms with E-state index in [2.05, 4.69) is 15.1 Å². The van der Waals surface area contributed by atoms with E-state index >= 15 is 0 Å². The molecule has 0 radical (unpaired) electrons. The predicted octanol–water partition coefficient (Wildman–Crippen LogP) is -1.93. The topological polar surface area (TPSA) is 76.1 Å². The van der Waals surface area contributed by atoms with Gasteiger partial charge in [0.1, 0.15) is 0 Å². The van der Waals surface area contributed by atoms with Crippen molar-refractivity contribution in [3.63, 3.8) is 0 Å². The molecule has 8 heteroatoms. The van der Waals surface area contributed by atoms with Crippen LogP contribution >= 0.6 is 0 Å². The maximum absolute atomic E-state index is 11.9. The van der Waals surface area contributed by atoms with Crippen molar-refractivity contribution in [3.05, 3.63) is 0 Å². The Morgan fingerprint density at radius 2 is 1.76 bits per heavy atom. The average Bonchev–Trinajstić information content (AvgIpc) is 2.64. The van der Waals surface area contributed by atoms with E-state index < -0.39 is 10.0 Å². The molecule has 7 nitrogen and oxygen atoms in total. The number of aliphatic hydroxyl groups is 1. The molecule has 0 aromatic carbocycles. The van der Waals surface area contributed by atoms with Gasteiger partial charge in [-0.3, -0.25) is 0 Å². The van der Waals surface area contributed by atoms with Crippen molar-refractivity contribution in [1.29, 1.82) is 0 Å². The minimum atomic E-state index is -3.16. The molecule has 2 heterocycles. The van der Waals surface area contributed by atoms with Crippen molar-refractivity contribution in [3.8, 4) is 0 Å². The van der Waals surface area contributed by atoms with Crippen molar-refractivity contribution in [2.24, 2.45) is 5.92 Å². The summed E-state index contributed by atoms with van der Waals surface area (Å²) < 4.78 is 25.4. The lowest BCUT2D eigenvalue weighted by Crippen LogP contribution is -2.49. The number of aliphatic hydroxyl groups excluding tert-OH is 1. The van der Waals surface area contributed by atoms with Gasteiger partial charge < -0.3 is 20.2 Å². The summed E-state index contributed by atoms with van der Waals surface area (Å²) in [5.74, 6) is 0.222. The smallest absolute Gasteiger partial charge is 0.211 e. The molecule has 3 atom stereocenters. The minimum absolute atomic E-state index is 0.192. The number of sulfonamides is 1. The lowest BCUT2D eigenvalue weighted by Gasteiger charge is -2.31. The molecule has 2 N–H and O–H groups in total. The number of likely N-dealkylation sites (N-methyl/N-ethyl adjacent to an activating group) is 2. The second-order valence-electron chi connectivity index (χ2n) is 6.53. The van der Waals surface area contributed by atoms with Crippen LogP contribution in [-0.4, -0.2) is 106 Å². The first-order chi connectivity index (χ1) is 9.75. The lowest BCUT2D eigenvalue weighted by molar-refractivity contribution is 0.142. The van der Waals surface area contributed by atoms with Crippen LogP contribution in [0, 0.1) is 5.92 Å². The second kappa shape index (κ2) is 6.89. The van der Waals surface area contributed by atoms with E-state index in [0.29, 0.717) is 26.2 Å². The highest BCUT2D eigenvalue weighted by Gasteiger charge is 2.33. The van der Waals surface area contributed by atoms with Crippen LogP contribution in [0.2, 0.25) is 0 Å². The number of hydrogen-bond acceptors (Lipinski definition) is 6. The molecule has 2 rings (SSSR count). The Morgan fingerprint density at radius 3 is 2.43 bits per heavy atom. The fourth-order valence-electron chi connectivity index (χ4n) is 3.24. The maximum atomic E-state index is 11.9. The largest absolute Gasteiger partial charge is 0.390 e. The Labute approximate surface area is 127 Å². The number of rotatable bonds is 2. The van der Waals surface area contributed by atoms with Crippen molar-refractivity contribution >= 4 is 10.0 Å². The van der Waals surface area contributed by atoms with Gasteiger partial charge in [0.15, 0.2) is 0 Å². The zero-order valence-electron chi connectivity index (χ0n) is 13.2. The Balaban J connectivity index is 2.11. The Bertz CT molecular complexity index is 445. The predicted molar refractivity (Wildman–Crippen MR) is 82.7 cm³/mol. The quantitative estimate of drug-likeness (QED) is 0.617. The third-order valence-corrected chi connectivity index (χ3v) is 5.67. The first-order valence-corrected chi connectivity index (χ1v) is 9.34. The molecule has 0 aromatic heterocycles. The molecule has 0 saturated carbocycles. The molecule has 0 amide bonds. The highest BCUT2D eigenvalue weighted by atomic mass is 32.2. The SMILES string of the molecule is CN1CCN(S(C)(=O)=O)CC(C2CN(C)CC(O)CN2)C1. The maximum Gasteiger partial charge on any atom is 0.211 e. The molecule has 0 aliphatic carbocycles. The number of hydrogen-bond donors (Lipinski definition) is 2. The van der Waals surface area contributed by atoms with Crippen LogP contribution in [0.3, 0.4) is 0 Å². The van der Waals surface area contributed by atoms with Crippen molar-refractivity contribution in [1.82, 2.24) is 19.4 Å². The molecular formula is C13H28N4O3S. The van der Waals surface area contributed by atoms with Gasteiger partial charge in [-0.15, -0.1) is 0 Å². The first-order valence-electron chi connectivity index (χ1n) is 7.49. The van der Waals surface area contributed by atoms with Gasteiger partial charge in [-0.05, 0) is 14.1 Å². The van der Waals surface area contributed by atoms with Crippen LogP contribution in [-0.2, 0) is 10.0 Å². The third-order valence-electron chi connectivity index (χ3n) is 4.40. The molecule has 2 aliphatic rings. The number of nitrogens with one attached hydrogen (secondary N) is 1. The van der Waals surface area contributed by atoms with Gasteiger partial charge in [-0.1, -0.05) is 0 Å². The van der Waals surface area contributed by atoms with Gasteiger partial charge in [0.05, 0.1) is 12.4 Å². The van der Waals surface area contributed by atoms with Crippen LogP contribution in [0.1, 0.15) is 0 Å². The summed E-state index contributed by atoms with van der Waals surface area (Å²) in [5.41, 5.74) is 0. The summed E-state index contributed by atoms with van der Waals surface area (Å²) in [4.78, 5) is 4.31. The zero-order valence-corrected chi connectivity index (χ0v) is 14.0. The Morgan fingerprint density at radius 1 is 1.05 bits per heavy atom. The highest BCUT2D eigenvalue weighted by Crippen LogP contribution is 2.17. The zero-order chi connectivity index (χ0) is 15.6. The van der Waals surface area contributed by atoms with Crippen molar-refractivity contribution < 1.29 is 13.5 Å². The van der Waals surface area contributed by atoms with Crippen LogP contribution < -0.4 is 5.32 Å². The van der Waals surface area contributed by atoms with E-state index in [-0.39, 0.29) is 18.1 Å². The second-order valence-corrected chi connectivity index (χ2v) is 8.52. The molecule has 3 unspecified atom stereocenters. The molecule has 2 aliphatic heterocycles. The van der Waals surface area contributed by atoms with E-state index in [1.165, 1.54) is 6.26 Å². The molecule has 2 fully saturated rings. The first kappa shape index (κ1) is 17.1. The van der Waals surface area contributed by atoms with E-state index in [1.54, 1.807) is 4.31 Å². The molecular weight excluding hydrogens is 292 g/mol. The minimum Gasteiger partial charge on any atom is -0.390 e. The fourth-order valence-corrected chi connectivity index (χ4v) is 4.12. The molecule has 124 valence electrons. The van der Waals surface area contributed by atoms with Gasteiger partial charge >= 0.3 is 0 Å². The van der Waals surface area contributed by atoms with Crippen molar-refractivity contribution in [2.45, 2.75) is 12.1 Å². The standard InChI is InChI=1S/C13H28N4O3S/c1-15-4-5-17(21(3,19)20)8-11(7-15)13-10-16(2)9-12(18)6-14-13/h11-14,18H,4-10H2,1-3H3. The molecule has 0 bridgehead atoms. The van der Waals surface area contributed by atoms with E-state index in [4.69, 9.17) is 0 Å². The van der Waals surface area contributed by atoms with Gasteiger partial charge in [0, 0.05) is 57.8 Å². The van der Waals surface area contributed by atoms with E-state index in [1.807, 2.05) is 14.1 Å². The third kappa shape index (κ3) is 4.87. The van der Waals surface area contributed by atoms with Crippen molar-refractivity contribution in [2.75, 3.05) is 66.2 Å². The summed E-state index contributed by atoms with van der Waals surface area (Å²) in [6.45, 7) is 4.77. The Kier molecular flexibility index (Phi) is 5.61. The van der Waals surface area contributed by atoms with Gasteiger partial charge in [-0.25, -0.2) is 12.7 Å². The fraction of sp³-hybridized carbons (Fsp3) is 1.00. The van der Waals surface area contributed by atoms with E-state index in [0.717, 1.165) is 19.6 Å². The summed E-state index contributed by atoms with van der Waals surface area (Å²) in [7, 11) is 0.872. The number of β-amino-alcohol motifs (C(OH)–C–C–N with tert-alkyl or cyclic N) is 1. The molecule has 2 saturated heterocycles. The van der Waals surface area contributed by atoms with Gasteiger partial charge in [0.25, 0.3) is 0 Å². The summed E-state index contributed by atoms with van der Waals surface area (Å²) in [6, 6.07) is 0.192. The molecule has 21 heavy (non-hydrogen) atoms. The van der Waals surface area contributed by atoms with Crippen LogP contribution in [0.25, 0.3) is 0 Å². The van der Waals surface area contributed by atoms with Crippen LogP contribution in [0.4, 0.5) is 0 Å². The van der Waals surface area contributed by atoms with E-state index in [9.17, 15) is 13.5 Å². The molecule has 0 spiro atoms. The lowest BCUT2D eigenvalue weighted by atomic mass is 9.99. The monoisotopic (exact) mass is 320 g/mol. The normalized spacial score (nSPS) is 35.3. The average molecular weight is 320 g/mol.